The molecule has 0 aliphatic heterocycles. The number of carbonyl (C=O) groups is 2. The Bertz CT molecular complexity index is 1300. The molecule has 36 heavy (non-hydrogen) atoms. The molecule has 0 radical (unpaired) electrons. The van der Waals surface area contributed by atoms with Crippen LogP contribution in [-0.2, 0) is 30.4 Å². The van der Waals surface area contributed by atoms with E-state index in [-0.39, 0.29) is 17.8 Å². The van der Waals surface area contributed by atoms with Gasteiger partial charge in [0.25, 0.3) is 0 Å². The number of ether oxygens (including phenoxy) is 1. The van der Waals surface area contributed by atoms with Gasteiger partial charge in [-0.05, 0) is 72.4 Å². The first kappa shape index (κ1) is 24.8. The predicted octanol–water partition coefficient (Wildman–Crippen LogP) is 4.99. The van der Waals surface area contributed by atoms with Gasteiger partial charge in [-0.1, -0.05) is 6.07 Å². The molecule has 1 atom stereocenters. The highest BCUT2D eigenvalue weighted by molar-refractivity contribution is 5.93. The first-order valence-electron chi connectivity index (χ1n) is 11.1. The van der Waals surface area contributed by atoms with Crippen molar-refractivity contribution in [2.45, 2.75) is 32.0 Å². The molecule has 0 spiro atoms. The number of alkyl halides is 3. The molecule has 2 amide bonds. The summed E-state index contributed by atoms with van der Waals surface area (Å²) >= 11 is 0. The van der Waals surface area contributed by atoms with Gasteiger partial charge in [-0.3, -0.25) is 4.79 Å². The van der Waals surface area contributed by atoms with Crippen LogP contribution < -0.4 is 21.1 Å². The van der Waals surface area contributed by atoms with E-state index in [2.05, 4.69) is 10.3 Å². The summed E-state index contributed by atoms with van der Waals surface area (Å²) in [6.45, 7) is -0.329. The number of anilines is 2. The number of hydrogen-bond donors (Lipinski definition) is 4. The Hall–Kier alpha value is -4.28. The number of aryl methyl sites for hydroxylation is 1. The molecule has 1 aromatic heterocycles. The number of fused-ring (bicyclic) bond motifs is 1. The summed E-state index contributed by atoms with van der Waals surface area (Å²) in [4.78, 5) is 27.6. The van der Waals surface area contributed by atoms with Crippen LogP contribution in [0.25, 0.3) is 0 Å². The SMILES string of the molecule is Nc1cc(Oc2ccc3c(c2)CC(C(=O)Nc2cc(CNC(=O)O)cc(C(F)(F)F)c2)CC3)ccn1. The van der Waals surface area contributed by atoms with Gasteiger partial charge in [-0.2, -0.15) is 13.2 Å². The number of amides is 2. The van der Waals surface area contributed by atoms with Crippen molar-refractivity contribution in [3.8, 4) is 11.5 Å². The summed E-state index contributed by atoms with van der Waals surface area (Å²) in [6, 6.07) is 11.9. The highest BCUT2D eigenvalue weighted by Gasteiger charge is 2.32. The average molecular weight is 500 g/mol. The normalized spacial score (nSPS) is 15.0. The molecule has 1 unspecified atom stereocenters. The van der Waals surface area contributed by atoms with Crippen molar-refractivity contribution >= 4 is 23.5 Å². The second-order valence-electron chi connectivity index (χ2n) is 8.45. The standard InChI is InChI=1S/C25H23F3N4O4/c26-25(27,28)18-7-14(13-31-24(34)35)8-19(11-18)32-23(33)16-2-1-15-3-4-20(10-17(15)9-16)36-21-5-6-30-22(29)12-21/h3-8,10-12,16,31H,1-2,9,13H2,(H2,29,30)(H,32,33)(H,34,35). The molecule has 1 heterocycles. The Labute approximate surface area is 204 Å². The van der Waals surface area contributed by atoms with E-state index >= 15 is 0 Å². The number of benzene rings is 2. The van der Waals surface area contributed by atoms with Gasteiger partial charge < -0.3 is 26.2 Å². The van der Waals surface area contributed by atoms with E-state index in [9.17, 15) is 22.8 Å². The highest BCUT2D eigenvalue weighted by Crippen LogP contribution is 2.34. The van der Waals surface area contributed by atoms with Gasteiger partial charge in [0.15, 0.2) is 0 Å². The molecule has 5 N–H and O–H groups in total. The third-order valence-corrected chi connectivity index (χ3v) is 5.80. The van der Waals surface area contributed by atoms with Crippen LogP contribution in [0.1, 0.15) is 28.7 Å². The number of halogens is 3. The van der Waals surface area contributed by atoms with Gasteiger partial charge in [0.1, 0.15) is 17.3 Å². The molecular weight excluding hydrogens is 477 g/mol. The Kier molecular flexibility index (Phi) is 7.00. The molecule has 3 aromatic rings. The number of hydrogen-bond acceptors (Lipinski definition) is 5. The van der Waals surface area contributed by atoms with E-state index in [4.69, 9.17) is 15.6 Å². The van der Waals surface area contributed by atoms with Crippen LogP contribution in [0.4, 0.5) is 29.5 Å². The quantitative estimate of drug-likeness (QED) is 0.378. The van der Waals surface area contributed by atoms with Crippen LogP contribution in [0, 0.1) is 5.92 Å². The van der Waals surface area contributed by atoms with Crippen molar-refractivity contribution in [1.82, 2.24) is 10.3 Å². The molecular formula is C25H23F3N4O4. The minimum Gasteiger partial charge on any atom is -0.465 e. The van der Waals surface area contributed by atoms with Crippen molar-refractivity contribution in [2.75, 3.05) is 11.1 Å². The third-order valence-electron chi connectivity index (χ3n) is 5.80. The summed E-state index contributed by atoms with van der Waals surface area (Å²) in [5.74, 6) is 0.530. The number of pyridine rings is 1. The Morgan fingerprint density at radius 1 is 1.08 bits per heavy atom. The van der Waals surface area contributed by atoms with Crippen LogP contribution in [0.5, 0.6) is 11.5 Å². The van der Waals surface area contributed by atoms with Crippen molar-refractivity contribution in [3.05, 3.63) is 77.0 Å². The van der Waals surface area contributed by atoms with Crippen LogP contribution >= 0.6 is 0 Å². The maximum absolute atomic E-state index is 13.3. The van der Waals surface area contributed by atoms with E-state index in [0.717, 1.165) is 23.3 Å². The molecule has 1 aliphatic carbocycles. The number of carboxylic acid groups (broad SMARTS) is 1. The number of carbonyl (C=O) groups excluding carboxylic acids is 1. The molecule has 1 aliphatic rings. The lowest BCUT2D eigenvalue weighted by atomic mass is 9.83. The monoisotopic (exact) mass is 500 g/mol. The van der Waals surface area contributed by atoms with E-state index in [1.165, 1.54) is 12.3 Å². The zero-order valence-corrected chi connectivity index (χ0v) is 18.9. The van der Waals surface area contributed by atoms with Crippen molar-refractivity contribution in [1.29, 1.82) is 0 Å². The second-order valence-corrected chi connectivity index (χ2v) is 8.45. The number of nitrogens with one attached hydrogen (secondary N) is 2. The maximum Gasteiger partial charge on any atom is 0.416 e. The minimum atomic E-state index is -4.65. The fourth-order valence-electron chi connectivity index (χ4n) is 4.10. The van der Waals surface area contributed by atoms with Gasteiger partial charge in [0, 0.05) is 30.4 Å². The largest absolute Gasteiger partial charge is 0.465 e. The number of nitrogen functional groups attached to an aromatic ring is 1. The fourth-order valence-corrected chi connectivity index (χ4v) is 4.10. The molecule has 11 heteroatoms. The van der Waals surface area contributed by atoms with Gasteiger partial charge in [-0.25, -0.2) is 9.78 Å². The smallest absolute Gasteiger partial charge is 0.416 e. The van der Waals surface area contributed by atoms with Crippen LogP contribution in [0.3, 0.4) is 0 Å². The molecule has 2 aromatic carbocycles. The average Bonchev–Trinajstić information content (AvgIpc) is 2.81. The molecule has 0 saturated carbocycles. The van der Waals surface area contributed by atoms with Gasteiger partial charge >= 0.3 is 12.3 Å². The summed E-state index contributed by atoms with van der Waals surface area (Å²) in [6.07, 6.45) is -2.93. The second kappa shape index (κ2) is 10.1. The third kappa shape index (κ3) is 6.23. The molecule has 0 fully saturated rings. The summed E-state index contributed by atoms with van der Waals surface area (Å²) in [5, 5.41) is 13.4. The van der Waals surface area contributed by atoms with E-state index < -0.39 is 29.7 Å². The zero-order valence-electron chi connectivity index (χ0n) is 18.9. The molecule has 0 bridgehead atoms. The van der Waals surface area contributed by atoms with E-state index in [1.807, 2.05) is 23.5 Å². The predicted molar refractivity (Wildman–Crippen MR) is 126 cm³/mol. The zero-order chi connectivity index (χ0) is 25.9. The summed E-state index contributed by atoms with van der Waals surface area (Å²) in [7, 11) is 0. The van der Waals surface area contributed by atoms with Crippen LogP contribution in [0.2, 0.25) is 0 Å². The van der Waals surface area contributed by atoms with Crippen molar-refractivity contribution < 1.29 is 32.6 Å². The number of nitrogens with two attached hydrogens (primary N) is 1. The first-order valence-corrected chi connectivity index (χ1v) is 11.1. The van der Waals surface area contributed by atoms with Gasteiger partial charge in [0.05, 0.1) is 5.56 Å². The molecule has 188 valence electrons. The molecule has 8 nitrogen and oxygen atoms in total. The Morgan fingerprint density at radius 3 is 2.58 bits per heavy atom. The van der Waals surface area contributed by atoms with E-state index in [1.54, 1.807) is 12.1 Å². The molecule has 0 saturated heterocycles. The first-order chi connectivity index (χ1) is 17.1. The van der Waals surface area contributed by atoms with Crippen LogP contribution in [-0.4, -0.2) is 22.1 Å². The number of nitrogens with zero attached hydrogens (tertiary/aromatic N) is 1. The number of rotatable bonds is 6. The lowest BCUT2D eigenvalue weighted by molar-refractivity contribution is -0.137. The van der Waals surface area contributed by atoms with Crippen LogP contribution in [0.15, 0.2) is 54.7 Å². The summed E-state index contributed by atoms with van der Waals surface area (Å²) < 4.78 is 45.9. The van der Waals surface area contributed by atoms with Crippen molar-refractivity contribution in [2.24, 2.45) is 5.92 Å². The van der Waals surface area contributed by atoms with E-state index in [0.29, 0.717) is 36.6 Å². The minimum absolute atomic E-state index is 0.0461. The topological polar surface area (TPSA) is 127 Å². The Morgan fingerprint density at radius 2 is 1.86 bits per heavy atom. The highest BCUT2D eigenvalue weighted by atomic mass is 19.4. The Balaban J connectivity index is 1.49. The lowest BCUT2D eigenvalue weighted by Gasteiger charge is -2.25. The number of aromatic nitrogens is 1. The van der Waals surface area contributed by atoms with Gasteiger partial charge in [-0.15, -0.1) is 0 Å². The van der Waals surface area contributed by atoms with Crippen molar-refractivity contribution in [3.63, 3.8) is 0 Å². The van der Waals surface area contributed by atoms with Gasteiger partial charge in [0.2, 0.25) is 5.91 Å². The summed E-state index contributed by atoms with van der Waals surface area (Å²) in [5.41, 5.74) is 6.72. The lowest BCUT2D eigenvalue weighted by Crippen LogP contribution is -2.28. The fraction of sp³-hybridized carbons (Fsp3) is 0.240. The maximum atomic E-state index is 13.3. The molecule has 4 rings (SSSR count).